The number of anilines is 1. The van der Waals surface area contributed by atoms with E-state index in [1.807, 2.05) is 37.4 Å². The Bertz CT molecular complexity index is 1450. The van der Waals surface area contributed by atoms with E-state index in [9.17, 15) is 0 Å². The molecule has 1 aliphatic rings. The number of aromatic nitrogens is 4. The molecule has 7 heteroatoms. The van der Waals surface area contributed by atoms with E-state index in [2.05, 4.69) is 50.6 Å². The lowest BCUT2D eigenvalue weighted by atomic mass is 9.96. The predicted molar refractivity (Wildman–Crippen MR) is 142 cm³/mol. The lowest BCUT2D eigenvalue weighted by Crippen LogP contribution is -2.21. The number of hydrogen-bond donors (Lipinski definition) is 2. The number of benzene rings is 2. The van der Waals surface area contributed by atoms with Gasteiger partial charge in [-0.05, 0) is 38.0 Å². The number of fused-ring (bicyclic) bond motifs is 1. The quantitative estimate of drug-likeness (QED) is 0.261. The van der Waals surface area contributed by atoms with Crippen molar-refractivity contribution >= 4 is 26.7 Å². The number of H-pyrrole nitrogens is 1. The maximum absolute atomic E-state index is 6.21. The average molecular weight is 482 g/mol. The molecule has 0 aliphatic heterocycles. The van der Waals surface area contributed by atoms with E-state index in [0.29, 0.717) is 6.04 Å². The van der Waals surface area contributed by atoms with Crippen LogP contribution in [0.2, 0.25) is 0 Å². The lowest BCUT2D eigenvalue weighted by molar-refractivity contribution is 0.462. The molecule has 3 aromatic heterocycles. The summed E-state index contributed by atoms with van der Waals surface area (Å²) < 4.78 is 7.33. The fourth-order valence-electron chi connectivity index (χ4n) is 4.58. The summed E-state index contributed by atoms with van der Waals surface area (Å²) in [5.74, 6) is 2.42. The van der Waals surface area contributed by atoms with Gasteiger partial charge in [0.2, 0.25) is 0 Å². The highest BCUT2D eigenvalue weighted by Crippen LogP contribution is 2.33. The Morgan fingerprint density at radius 3 is 2.51 bits per heavy atom. The van der Waals surface area contributed by atoms with Crippen LogP contribution < -0.4 is 10.1 Å². The van der Waals surface area contributed by atoms with E-state index in [1.54, 1.807) is 17.5 Å². The fraction of sp³-hybridized carbons (Fsp3) is 0.250. The van der Waals surface area contributed by atoms with Crippen LogP contribution in [-0.2, 0) is 0 Å². The molecule has 0 unspecified atom stereocenters. The molecule has 176 valence electrons. The van der Waals surface area contributed by atoms with Gasteiger partial charge in [0.1, 0.15) is 17.3 Å². The summed E-state index contributed by atoms with van der Waals surface area (Å²) in [6.45, 7) is 2.00. The van der Waals surface area contributed by atoms with Gasteiger partial charge in [0.15, 0.2) is 5.13 Å². The number of thiazole rings is 1. The molecule has 0 amide bonds. The molecule has 6 rings (SSSR count). The Hall–Kier alpha value is -3.71. The van der Waals surface area contributed by atoms with E-state index in [0.717, 1.165) is 55.2 Å². The molecule has 1 saturated carbocycles. The third-order valence-corrected chi connectivity index (χ3v) is 7.37. The van der Waals surface area contributed by atoms with Crippen LogP contribution in [0, 0.1) is 6.92 Å². The predicted octanol–water partition coefficient (Wildman–Crippen LogP) is 7.59. The zero-order valence-electron chi connectivity index (χ0n) is 19.6. The first-order valence-electron chi connectivity index (χ1n) is 12.1. The summed E-state index contributed by atoms with van der Waals surface area (Å²) in [4.78, 5) is 17.0. The largest absolute Gasteiger partial charge is 0.457 e. The van der Waals surface area contributed by atoms with Crippen molar-refractivity contribution in [3.63, 3.8) is 0 Å². The van der Waals surface area contributed by atoms with Crippen molar-refractivity contribution in [1.29, 1.82) is 0 Å². The Labute approximate surface area is 208 Å². The van der Waals surface area contributed by atoms with Gasteiger partial charge in [-0.25, -0.2) is 9.97 Å². The molecule has 2 aromatic carbocycles. The Balaban J connectivity index is 1.18. The number of aryl methyl sites for hydroxylation is 1. The van der Waals surface area contributed by atoms with Gasteiger partial charge in [0, 0.05) is 47.4 Å². The first-order chi connectivity index (χ1) is 17.2. The highest BCUT2D eigenvalue weighted by molar-refractivity contribution is 7.22. The molecule has 0 spiro atoms. The fourth-order valence-corrected chi connectivity index (χ4v) is 5.55. The van der Waals surface area contributed by atoms with Gasteiger partial charge in [-0.2, -0.15) is 0 Å². The molecular formula is C28H27N5OS. The summed E-state index contributed by atoms with van der Waals surface area (Å²) in [5, 5.41) is 4.64. The van der Waals surface area contributed by atoms with Crippen molar-refractivity contribution in [2.45, 2.75) is 45.1 Å². The molecule has 6 nitrogen and oxygen atoms in total. The molecule has 1 fully saturated rings. The summed E-state index contributed by atoms with van der Waals surface area (Å²) >= 11 is 1.69. The molecule has 5 aromatic rings. The Morgan fingerprint density at radius 1 is 0.914 bits per heavy atom. The molecule has 0 atom stereocenters. The van der Waals surface area contributed by atoms with Crippen molar-refractivity contribution in [3.8, 4) is 34.1 Å². The maximum atomic E-state index is 6.21. The van der Waals surface area contributed by atoms with Crippen LogP contribution in [0.5, 0.6) is 11.5 Å². The third kappa shape index (κ3) is 4.91. The van der Waals surface area contributed by atoms with Crippen LogP contribution in [0.3, 0.4) is 0 Å². The summed E-state index contributed by atoms with van der Waals surface area (Å²) in [5.41, 5.74) is 4.98. The molecule has 0 saturated heterocycles. The van der Waals surface area contributed by atoms with E-state index in [-0.39, 0.29) is 0 Å². The number of imidazole rings is 1. The number of hydrogen-bond acceptors (Lipinski definition) is 6. The van der Waals surface area contributed by atoms with Gasteiger partial charge in [-0.3, -0.25) is 4.98 Å². The van der Waals surface area contributed by atoms with Gasteiger partial charge < -0.3 is 15.0 Å². The lowest BCUT2D eigenvalue weighted by Gasteiger charge is -2.22. The second-order valence-electron chi connectivity index (χ2n) is 9.10. The van der Waals surface area contributed by atoms with Gasteiger partial charge in [-0.15, -0.1) is 0 Å². The summed E-state index contributed by atoms with van der Waals surface area (Å²) in [6.07, 6.45) is 10.1. The van der Waals surface area contributed by atoms with Crippen LogP contribution in [0.4, 0.5) is 5.13 Å². The summed E-state index contributed by atoms with van der Waals surface area (Å²) in [6, 6.07) is 18.7. The molecule has 3 heterocycles. The molecular weight excluding hydrogens is 454 g/mol. The minimum absolute atomic E-state index is 0.549. The maximum Gasteiger partial charge on any atom is 0.184 e. The molecule has 35 heavy (non-hydrogen) atoms. The van der Waals surface area contributed by atoms with Gasteiger partial charge in [-0.1, -0.05) is 54.9 Å². The SMILES string of the molecule is Cc1cnc(-c2ccc(-c3cc(Oc4ccc5nc(NC6CCCCC6)sc5c4)ccn3)cc2)[nH]1. The number of nitrogens with one attached hydrogen (secondary N) is 2. The van der Waals surface area contributed by atoms with Crippen LogP contribution in [-0.4, -0.2) is 26.0 Å². The van der Waals surface area contributed by atoms with Crippen molar-refractivity contribution < 1.29 is 4.74 Å². The van der Waals surface area contributed by atoms with Gasteiger partial charge in [0.05, 0.1) is 15.9 Å². The topological polar surface area (TPSA) is 75.7 Å². The van der Waals surface area contributed by atoms with Crippen molar-refractivity contribution in [2.24, 2.45) is 0 Å². The van der Waals surface area contributed by atoms with E-state index in [1.165, 1.54) is 32.1 Å². The summed E-state index contributed by atoms with van der Waals surface area (Å²) in [7, 11) is 0. The highest BCUT2D eigenvalue weighted by Gasteiger charge is 2.15. The second kappa shape index (κ2) is 9.50. The normalized spacial score (nSPS) is 14.3. The number of aromatic amines is 1. The molecule has 0 bridgehead atoms. The zero-order valence-corrected chi connectivity index (χ0v) is 20.4. The van der Waals surface area contributed by atoms with Crippen LogP contribution in [0.15, 0.2) is 67.0 Å². The number of rotatable bonds is 6. The van der Waals surface area contributed by atoms with E-state index < -0.39 is 0 Å². The highest BCUT2D eigenvalue weighted by atomic mass is 32.1. The van der Waals surface area contributed by atoms with Gasteiger partial charge in [0.25, 0.3) is 0 Å². The molecule has 2 N–H and O–H groups in total. The van der Waals surface area contributed by atoms with Crippen molar-refractivity contribution in [1.82, 2.24) is 19.9 Å². The Kier molecular flexibility index (Phi) is 5.92. The van der Waals surface area contributed by atoms with Crippen molar-refractivity contribution in [2.75, 3.05) is 5.32 Å². The van der Waals surface area contributed by atoms with Crippen molar-refractivity contribution in [3.05, 3.63) is 72.7 Å². The minimum Gasteiger partial charge on any atom is -0.457 e. The zero-order chi connectivity index (χ0) is 23.6. The van der Waals surface area contributed by atoms with Gasteiger partial charge >= 0.3 is 0 Å². The van der Waals surface area contributed by atoms with Crippen LogP contribution in [0.1, 0.15) is 37.8 Å². The minimum atomic E-state index is 0.549. The number of nitrogens with zero attached hydrogens (tertiary/aromatic N) is 3. The average Bonchev–Trinajstić information content (AvgIpc) is 3.50. The first-order valence-corrected chi connectivity index (χ1v) is 12.9. The van der Waals surface area contributed by atoms with E-state index >= 15 is 0 Å². The van der Waals surface area contributed by atoms with Crippen LogP contribution in [0.25, 0.3) is 32.9 Å². The smallest absolute Gasteiger partial charge is 0.184 e. The standard InChI is InChI=1S/C28H27N5OS/c1-18-17-30-27(31-18)20-9-7-19(8-10-20)25-15-23(13-14-29-25)34-22-11-12-24-26(16-22)35-28(33-24)32-21-5-3-2-4-6-21/h7-17,21H,2-6H2,1H3,(H,30,31)(H,32,33). The van der Waals surface area contributed by atoms with Crippen LogP contribution >= 0.6 is 11.3 Å². The second-order valence-corrected chi connectivity index (χ2v) is 10.1. The Morgan fingerprint density at radius 2 is 1.71 bits per heavy atom. The molecule has 1 aliphatic carbocycles. The number of pyridine rings is 1. The van der Waals surface area contributed by atoms with E-state index in [4.69, 9.17) is 9.72 Å². The monoisotopic (exact) mass is 481 g/mol. The third-order valence-electron chi connectivity index (χ3n) is 6.42. The molecule has 0 radical (unpaired) electrons. The first kappa shape index (κ1) is 21.8. The number of ether oxygens (including phenoxy) is 1.